The first-order valence-corrected chi connectivity index (χ1v) is 6.71. The number of carbonyl (C=O) groups is 1. The predicted octanol–water partition coefficient (Wildman–Crippen LogP) is 1.90. The van der Waals surface area contributed by atoms with E-state index < -0.39 is 0 Å². The van der Waals surface area contributed by atoms with Crippen LogP contribution in [-0.4, -0.2) is 53.4 Å². The Morgan fingerprint density at radius 1 is 1.39 bits per heavy atom. The first-order valence-electron chi connectivity index (χ1n) is 6.34. The highest BCUT2D eigenvalue weighted by Gasteiger charge is 2.21. The number of pyridine rings is 1. The first-order chi connectivity index (χ1) is 8.70. The van der Waals surface area contributed by atoms with Crippen molar-refractivity contribution in [2.45, 2.75) is 13.3 Å². The minimum atomic E-state index is 0.0513. The molecular formula is C13H18ClN3O. The number of rotatable bonds is 3. The van der Waals surface area contributed by atoms with E-state index in [4.69, 9.17) is 11.6 Å². The Kier molecular flexibility index (Phi) is 4.55. The van der Waals surface area contributed by atoms with Gasteiger partial charge in [-0.3, -0.25) is 9.69 Å². The molecule has 1 saturated heterocycles. The molecule has 0 spiro atoms. The average molecular weight is 268 g/mol. The highest BCUT2D eigenvalue weighted by molar-refractivity contribution is 6.29. The monoisotopic (exact) mass is 267 g/mol. The SMILES string of the molecule is CCCN1CCN(C(=O)c2ccnc(Cl)c2)CC1. The van der Waals surface area contributed by atoms with Crippen LogP contribution in [0.1, 0.15) is 23.7 Å². The fourth-order valence-corrected chi connectivity index (χ4v) is 2.38. The third kappa shape index (κ3) is 3.21. The molecule has 1 aliphatic rings. The van der Waals surface area contributed by atoms with Crippen LogP contribution in [0.15, 0.2) is 18.3 Å². The molecular weight excluding hydrogens is 250 g/mol. The Labute approximate surface area is 113 Å². The van der Waals surface area contributed by atoms with Gasteiger partial charge in [0.25, 0.3) is 5.91 Å². The smallest absolute Gasteiger partial charge is 0.254 e. The lowest BCUT2D eigenvalue weighted by atomic mass is 10.2. The molecule has 0 aliphatic carbocycles. The zero-order valence-electron chi connectivity index (χ0n) is 10.6. The van der Waals surface area contributed by atoms with Gasteiger partial charge in [-0.1, -0.05) is 18.5 Å². The van der Waals surface area contributed by atoms with E-state index in [0.29, 0.717) is 10.7 Å². The Hall–Kier alpha value is -1.13. The molecule has 0 radical (unpaired) electrons. The van der Waals surface area contributed by atoms with Gasteiger partial charge in [-0.05, 0) is 25.1 Å². The maximum absolute atomic E-state index is 12.2. The third-order valence-corrected chi connectivity index (χ3v) is 3.38. The van der Waals surface area contributed by atoms with Crippen molar-refractivity contribution in [1.82, 2.24) is 14.8 Å². The summed E-state index contributed by atoms with van der Waals surface area (Å²) in [6.45, 7) is 6.79. The fraction of sp³-hybridized carbons (Fsp3) is 0.538. The summed E-state index contributed by atoms with van der Waals surface area (Å²) in [4.78, 5) is 20.4. The molecule has 0 bridgehead atoms. The van der Waals surface area contributed by atoms with Crippen molar-refractivity contribution in [3.05, 3.63) is 29.0 Å². The quantitative estimate of drug-likeness (QED) is 0.785. The van der Waals surface area contributed by atoms with Crippen LogP contribution in [0.4, 0.5) is 0 Å². The number of hydrogen-bond donors (Lipinski definition) is 0. The van der Waals surface area contributed by atoms with Crippen molar-refractivity contribution in [1.29, 1.82) is 0 Å². The van der Waals surface area contributed by atoms with Gasteiger partial charge in [0.1, 0.15) is 5.15 Å². The summed E-state index contributed by atoms with van der Waals surface area (Å²) >= 11 is 5.80. The zero-order valence-corrected chi connectivity index (χ0v) is 11.4. The molecule has 5 heteroatoms. The molecule has 4 nitrogen and oxygen atoms in total. The van der Waals surface area contributed by atoms with Gasteiger partial charge < -0.3 is 4.90 Å². The minimum absolute atomic E-state index is 0.0513. The summed E-state index contributed by atoms with van der Waals surface area (Å²) in [7, 11) is 0. The fourth-order valence-electron chi connectivity index (χ4n) is 2.21. The zero-order chi connectivity index (χ0) is 13.0. The van der Waals surface area contributed by atoms with Gasteiger partial charge in [-0.2, -0.15) is 0 Å². The number of amides is 1. The molecule has 1 fully saturated rings. The lowest BCUT2D eigenvalue weighted by Crippen LogP contribution is -2.48. The maximum Gasteiger partial charge on any atom is 0.254 e. The number of piperazine rings is 1. The third-order valence-electron chi connectivity index (χ3n) is 3.17. The van der Waals surface area contributed by atoms with E-state index in [2.05, 4.69) is 16.8 Å². The van der Waals surface area contributed by atoms with Gasteiger partial charge in [-0.15, -0.1) is 0 Å². The van der Waals surface area contributed by atoms with Crippen LogP contribution in [-0.2, 0) is 0 Å². The van der Waals surface area contributed by atoms with E-state index in [0.717, 1.165) is 39.1 Å². The predicted molar refractivity (Wildman–Crippen MR) is 71.9 cm³/mol. The lowest BCUT2D eigenvalue weighted by Gasteiger charge is -2.34. The van der Waals surface area contributed by atoms with Crippen LogP contribution < -0.4 is 0 Å². The Bertz CT molecular complexity index is 416. The second kappa shape index (κ2) is 6.16. The second-order valence-corrected chi connectivity index (χ2v) is 4.89. The molecule has 2 heterocycles. The number of aromatic nitrogens is 1. The van der Waals surface area contributed by atoms with Crippen molar-refractivity contribution >= 4 is 17.5 Å². The summed E-state index contributed by atoms with van der Waals surface area (Å²) < 4.78 is 0. The van der Waals surface area contributed by atoms with E-state index in [1.807, 2.05) is 4.90 Å². The van der Waals surface area contributed by atoms with Crippen molar-refractivity contribution in [3.63, 3.8) is 0 Å². The molecule has 98 valence electrons. The molecule has 1 aromatic heterocycles. The van der Waals surface area contributed by atoms with E-state index in [9.17, 15) is 4.79 Å². The van der Waals surface area contributed by atoms with Crippen LogP contribution in [0.2, 0.25) is 5.15 Å². The van der Waals surface area contributed by atoms with Crippen molar-refractivity contribution in [3.8, 4) is 0 Å². The molecule has 2 rings (SSSR count). The highest BCUT2D eigenvalue weighted by Crippen LogP contribution is 2.12. The molecule has 18 heavy (non-hydrogen) atoms. The normalized spacial score (nSPS) is 16.9. The van der Waals surface area contributed by atoms with Crippen LogP contribution in [0.5, 0.6) is 0 Å². The van der Waals surface area contributed by atoms with Gasteiger partial charge in [0.2, 0.25) is 0 Å². The van der Waals surface area contributed by atoms with Gasteiger partial charge in [-0.25, -0.2) is 4.98 Å². The lowest BCUT2D eigenvalue weighted by molar-refractivity contribution is 0.0637. The molecule has 0 N–H and O–H groups in total. The first kappa shape index (κ1) is 13.3. The summed E-state index contributed by atoms with van der Waals surface area (Å²) in [5.41, 5.74) is 0.624. The Balaban J connectivity index is 1.95. The standard InChI is InChI=1S/C13H18ClN3O/c1-2-5-16-6-8-17(9-7-16)13(18)11-3-4-15-12(14)10-11/h3-4,10H,2,5-9H2,1H3. The number of nitrogens with zero attached hydrogens (tertiary/aromatic N) is 3. The second-order valence-electron chi connectivity index (χ2n) is 4.50. The number of hydrogen-bond acceptors (Lipinski definition) is 3. The highest BCUT2D eigenvalue weighted by atomic mass is 35.5. The molecule has 0 unspecified atom stereocenters. The molecule has 0 saturated carbocycles. The summed E-state index contributed by atoms with van der Waals surface area (Å²) in [5, 5.41) is 0.366. The van der Waals surface area contributed by atoms with Crippen molar-refractivity contribution in [2.75, 3.05) is 32.7 Å². The van der Waals surface area contributed by atoms with Crippen LogP contribution in [0, 0.1) is 0 Å². The van der Waals surface area contributed by atoms with Gasteiger partial charge >= 0.3 is 0 Å². The van der Waals surface area contributed by atoms with Crippen molar-refractivity contribution in [2.24, 2.45) is 0 Å². The Morgan fingerprint density at radius 2 is 2.11 bits per heavy atom. The molecule has 1 aliphatic heterocycles. The molecule has 0 atom stereocenters. The van der Waals surface area contributed by atoms with Crippen molar-refractivity contribution < 1.29 is 4.79 Å². The van der Waals surface area contributed by atoms with Crippen LogP contribution in [0.25, 0.3) is 0 Å². The maximum atomic E-state index is 12.2. The number of halogens is 1. The molecule has 0 aromatic carbocycles. The van der Waals surface area contributed by atoms with Gasteiger partial charge in [0.15, 0.2) is 0 Å². The van der Waals surface area contributed by atoms with Gasteiger partial charge in [0.05, 0.1) is 0 Å². The largest absolute Gasteiger partial charge is 0.336 e. The van der Waals surface area contributed by atoms with E-state index in [-0.39, 0.29) is 5.91 Å². The minimum Gasteiger partial charge on any atom is -0.336 e. The summed E-state index contributed by atoms with van der Waals surface area (Å²) in [6, 6.07) is 3.34. The topological polar surface area (TPSA) is 36.4 Å². The van der Waals surface area contributed by atoms with Crippen LogP contribution >= 0.6 is 11.6 Å². The van der Waals surface area contributed by atoms with Gasteiger partial charge in [0, 0.05) is 37.9 Å². The molecule has 1 amide bonds. The summed E-state index contributed by atoms with van der Waals surface area (Å²) in [5.74, 6) is 0.0513. The van der Waals surface area contributed by atoms with E-state index in [1.54, 1.807) is 18.3 Å². The van der Waals surface area contributed by atoms with E-state index in [1.165, 1.54) is 0 Å². The molecule has 1 aromatic rings. The average Bonchev–Trinajstić information content (AvgIpc) is 2.39. The summed E-state index contributed by atoms with van der Waals surface area (Å²) in [6.07, 6.45) is 2.73. The van der Waals surface area contributed by atoms with E-state index >= 15 is 0 Å². The Morgan fingerprint density at radius 3 is 2.72 bits per heavy atom. The van der Waals surface area contributed by atoms with Crippen LogP contribution in [0.3, 0.4) is 0 Å². The number of carbonyl (C=O) groups excluding carboxylic acids is 1.